The lowest BCUT2D eigenvalue weighted by atomic mass is 9.82. The van der Waals surface area contributed by atoms with Gasteiger partial charge < -0.3 is 15.1 Å². The highest BCUT2D eigenvalue weighted by molar-refractivity contribution is 7.80. The minimum absolute atomic E-state index is 0.366. The molecule has 0 aliphatic carbocycles. The van der Waals surface area contributed by atoms with Gasteiger partial charge in [0.1, 0.15) is 5.58 Å². The highest BCUT2D eigenvalue weighted by Gasteiger charge is 2.40. The Bertz CT molecular complexity index is 1020. The molecule has 0 spiro atoms. The lowest BCUT2D eigenvalue weighted by molar-refractivity contribution is 0.474. The van der Waals surface area contributed by atoms with Crippen LogP contribution >= 0.6 is 12.2 Å². The maximum Gasteiger partial charge on any atom is 0.344 e. The summed E-state index contributed by atoms with van der Waals surface area (Å²) in [6, 6.07) is 15.5. The van der Waals surface area contributed by atoms with Crippen molar-refractivity contribution in [2.24, 2.45) is 0 Å². The maximum atomic E-state index is 12.8. The molecule has 4 nitrogen and oxygen atoms in total. The van der Waals surface area contributed by atoms with Gasteiger partial charge in [-0.2, -0.15) is 0 Å². The molecule has 1 unspecified atom stereocenters. The fraction of sp³-hybridized carbons (Fsp3) is 0.158. The van der Waals surface area contributed by atoms with Crippen molar-refractivity contribution in [3.05, 3.63) is 75.6 Å². The number of nitrogens with one attached hydrogen (secondary N) is 2. The van der Waals surface area contributed by atoms with Crippen molar-refractivity contribution in [1.29, 1.82) is 0 Å². The van der Waals surface area contributed by atoms with E-state index < -0.39 is 5.54 Å². The molecule has 0 bridgehead atoms. The average molecular weight is 336 g/mol. The third-order valence-corrected chi connectivity index (χ3v) is 4.75. The third-order valence-electron chi connectivity index (χ3n) is 4.54. The predicted octanol–water partition coefficient (Wildman–Crippen LogP) is 3.66. The molecule has 1 aliphatic rings. The lowest BCUT2D eigenvalue weighted by Gasteiger charge is -2.38. The normalized spacial score (nSPS) is 19.5. The number of para-hydroxylation sites is 1. The van der Waals surface area contributed by atoms with Gasteiger partial charge in [-0.15, -0.1) is 0 Å². The van der Waals surface area contributed by atoms with E-state index in [2.05, 4.69) is 10.6 Å². The summed E-state index contributed by atoms with van der Waals surface area (Å²) in [5.41, 5.74) is 2.80. The van der Waals surface area contributed by atoms with E-state index in [4.69, 9.17) is 16.6 Å². The summed E-state index contributed by atoms with van der Waals surface area (Å²) < 4.78 is 5.56. The van der Waals surface area contributed by atoms with E-state index in [1.54, 1.807) is 6.07 Å². The van der Waals surface area contributed by atoms with Gasteiger partial charge in [-0.25, -0.2) is 4.79 Å². The van der Waals surface area contributed by atoms with E-state index in [1.807, 2.05) is 56.3 Å². The summed E-state index contributed by atoms with van der Waals surface area (Å²) in [5, 5.41) is 7.72. The zero-order valence-corrected chi connectivity index (χ0v) is 14.2. The molecule has 1 aliphatic heterocycles. The van der Waals surface area contributed by atoms with Gasteiger partial charge in [0.15, 0.2) is 5.11 Å². The largest absolute Gasteiger partial charge is 0.422 e. The molecule has 3 aromatic rings. The Morgan fingerprint density at radius 3 is 2.54 bits per heavy atom. The van der Waals surface area contributed by atoms with Crippen molar-refractivity contribution in [2.45, 2.75) is 19.4 Å². The number of hydrogen-bond acceptors (Lipinski definition) is 3. The Hall–Kier alpha value is -2.66. The Morgan fingerprint density at radius 2 is 1.79 bits per heavy atom. The molecular formula is C19H16N2O2S. The second-order valence-corrected chi connectivity index (χ2v) is 6.61. The van der Waals surface area contributed by atoms with Gasteiger partial charge in [-0.1, -0.05) is 42.0 Å². The van der Waals surface area contributed by atoms with Crippen molar-refractivity contribution in [3.8, 4) is 0 Å². The maximum absolute atomic E-state index is 12.8. The molecule has 0 saturated heterocycles. The van der Waals surface area contributed by atoms with Crippen LogP contribution in [0.3, 0.4) is 0 Å². The van der Waals surface area contributed by atoms with E-state index in [1.165, 1.54) is 0 Å². The standard InChI is InChI=1S/C19H16N2O2S/c1-11-7-9-12(10-8-11)19(2)15-16(20-18(24)21-19)13-5-3-4-6-14(13)23-17(15)22/h3-10H,1-2H3,(H2,20,21,24). The van der Waals surface area contributed by atoms with Crippen LogP contribution in [0.15, 0.2) is 57.7 Å². The van der Waals surface area contributed by atoms with E-state index in [0.29, 0.717) is 21.9 Å². The first-order chi connectivity index (χ1) is 11.5. The number of hydrogen-bond donors (Lipinski definition) is 2. The van der Waals surface area contributed by atoms with Crippen LogP contribution in [0.2, 0.25) is 0 Å². The average Bonchev–Trinajstić information content (AvgIpc) is 2.54. The summed E-state index contributed by atoms with van der Waals surface area (Å²) in [5.74, 6) is 0. The molecule has 0 amide bonds. The minimum atomic E-state index is -0.754. The van der Waals surface area contributed by atoms with Gasteiger partial charge in [0.2, 0.25) is 0 Å². The predicted molar refractivity (Wildman–Crippen MR) is 99.5 cm³/mol. The summed E-state index contributed by atoms with van der Waals surface area (Å²) >= 11 is 5.41. The summed E-state index contributed by atoms with van der Waals surface area (Å²) in [6.07, 6.45) is 0. The Kier molecular flexibility index (Phi) is 3.21. The van der Waals surface area contributed by atoms with Crippen LogP contribution < -0.4 is 16.3 Å². The van der Waals surface area contributed by atoms with Gasteiger partial charge in [-0.3, -0.25) is 0 Å². The first-order valence-electron chi connectivity index (χ1n) is 7.72. The fourth-order valence-electron chi connectivity index (χ4n) is 3.27. The number of rotatable bonds is 1. The van der Waals surface area contributed by atoms with Crippen molar-refractivity contribution >= 4 is 34.0 Å². The quantitative estimate of drug-likeness (QED) is 0.525. The van der Waals surface area contributed by atoms with Crippen molar-refractivity contribution in [1.82, 2.24) is 5.32 Å². The molecule has 1 atom stereocenters. The Labute approximate surface area is 144 Å². The fourth-order valence-corrected chi connectivity index (χ4v) is 3.58. The van der Waals surface area contributed by atoms with Gasteiger partial charge in [0.05, 0.1) is 16.8 Å². The summed E-state index contributed by atoms with van der Waals surface area (Å²) in [4.78, 5) is 12.8. The second kappa shape index (κ2) is 5.18. The van der Waals surface area contributed by atoms with Crippen LogP contribution in [0.1, 0.15) is 23.6 Å². The number of anilines is 1. The molecule has 0 saturated carbocycles. The first-order valence-corrected chi connectivity index (χ1v) is 8.12. The van der Waals surface area contributed by atoms with E-state index in [-0.39, 0.29) is 5.63 Å². The van der Waals surface area contributed by atoms with Gasteiger partial charge in [-0.05, 0) is 43.8 Å². The van der Waals surface area contributed by atoms with E-state index in [9.17, 15) is 4.79 Å². The molecular weight excluding hydrogens is 320 g/mol. The van der Waals surface area contributed by atoms with Crippen molar-refractivity contribution in [2.75, 3.05) is 5.32 Å². The van der Waals surface area contributed by atoms with Crippen LogP contribution in [0.4, 0.5) is 5.69 Å². The highest BCUT2D eigenvalue weighted by atomic mass is 32.1. The first kappa shape index (κ1) is 14.9. The highest BCUT2D eigenvalue weighted by Crippen LogP contribution is 2.38. The number of thiocarbonyl (C=S) groups is 1. The molecule has 120 valence electrons. The van der Waals surface area contributed by atoms with Crippen LogP contribution in [0.25, 0.3) is 11.0 Å². The van der Waals surface area contributed by atoms with Crippen molar-refractivity contribution in [3.63, 3.8) is 0 Å². The SMILES string of the molecule is Cc1ccc(C2(C)NC(=S)Nc3c2c(=O)oc2ccccc32)cc1. The monoisotopic (exact) mass is 336 g/mol. The van der Waals surface area contributed by atoms with Crippen LogP contribution in [-0.4, -0.2) is 5.11 Å². The number of benzene rings is 2. The zero-order chi connectivity index (χ0) is 16.9. The summed E-state index contributed by atoms with van der Waals surface area (Å²) in [6.45, 7) is 3.98. The van der Waals surface area contributed by atoms with Gasteiger partial charge in [0, 0.05) is 5.39 Å². The topological polar surface area (TPSA) is 54.3 Å². The molecule has 0 fully saturated rings. The summed E-state index contributed by atoms with van der Waals surface area (Å²) in [7, 11) is 0. The van der Waals surface area contributed by atoms with Crippen LogP contribution in [0, 0.1) is 6.92 Å². The molecule has 24 heavy (non-hydrogen) atoms. The smallest absolute Gasteiger partial charge is 0.344 e. The number of fused-ring (bicyclic) bond motifs is 3. The zero-order valence-electron chi connectivity index (χ0n) is 13.3. The molecule has 2 heterocycles. The van der Waals surface area contributed by atoms with Crippen LogP contribution in [-0.2, 0) is 5.54 Å². The minimum Gasteiger partial charge on any atom is -0.422 e. The molecule has 4 rings (SSSR count). The molecule has 0 radical (unpaired) electrons. The molecule has 2 aromatic carbocycles. The van der Waals surface area contributed by atoms with Gasteiger partial charge >= 0.3 is 5.63 Å². The van der Waals surface area contributed by atoms with E-state index >= 15 is 0 Å². The van der Waals surface area contributed by atoms with Gasteiger partial charge in [0.25, 0.3) is 0 Å². The molecule has 1 aromatic heterocycles. The Morgan fingerprint density at radius 1 is 1.08 bits per heavy atom. The Balaban J connectivity index is 2.07. The second-order valence-electron chi connectivity index (χ2n) is 6.21. The molecule has 5 heteroatoms. The van der Waals surface area contributed by atoms with E-state index in [0.717, 1.165) is 16.5 Å². The third kappa shape index (κ3) is 2.12. The molecule has 2 N–H and O–H groups in total. The van der Waals surface area contributed by atoms with Crippen molar-refractivity contribution < 1.29 is 4.42 Å². The lowest BCUT2D eigenvalue weighted by Crippen LogP contribution is -2.52. The number of aryl methyl sites for hydroxylation is 1. The van der Waals surface area contributed by atoms with Crippen LogP contribution in [0.5, 0.6) is 0 Å².